The molecule has 3 heteroatoms. The molecule has 1 aromatic heterocycles. The van der Waals surface area contributed by atoms with Gasteiger partial charge in [-0.15, -0.1) is 0 Å². The van der Waals surface area contributed by atoms with Gasteiger partial charge in [0, 0.05) is 24.0 Å². The zero-order valence-corrected chi connectivity index (χ0v) is 8.83. The van der Waals surface area contributed by atoms with Crippen molar-refractivity contribution in [3.63, 3.8) is 0 Å². The number of nitrogens with two attached hydrogens (primary N) is 1. The van der Waals surface area contributed by atoms with E-state index in [1.54, 1.807) is 0 Å². The summed E-state index contributed by atoms with van der Waals surface area (Å²) >= 11 is 0. The largest absolute Gasteiger partial charge is 0.399 e. The maximum atomic E-state index is 5.71. The second-order valence-corrected chi connectivity index (χ2v) is 3.76. The topological polar surface area (TPSA) is 54.7 Å². The molecule has 15 heavy (non-hydrogen) atoms. The van der Waals surface area contributed by atoms with Crippen molar-refractivity contribution in [1.29, 1.82) is 0 Å². The Morgan fingerprint density at radius 1 is 1.33 bits per heavy atom. The average molecular weight is 201 g/mol. The number of aryl methyl sites for hydroxylation is 3. The smallest absolute Gasteiger partial charge is 0.106 e. The molecule has 0 aliphatic carbocycles. The van der Waals surface area contributed by atoms with Crippen LogP contribution in [0.1, 0.15) is 17.1 Å². The molecule has 1 aromatic carbocycles. The van der Waals surface area contributed by atoms with Crippen LogP contribution in [-0.4, -0.2) is 9.97 Å². The number of imidazole rings is 1. The lowest BCUT2D eigenvalue weighted by Gasteiger charge is -2.00. The number of benzene rings is 1. The summed E-state index contributed by atoms with van der Waals surface area (Å²) in [6.07, 6.45) is 3.75. The van der Waals surface area contributed by atoms with Crippen molar-refractivity contribution in [1.82, 2.24) is 9.97 Å². The van der Waals surface area contributed by atoms with Crippen molar-refractivity contribution in [2.45, 2.75) is 19.8 Å². The van der Waals surface area contributed by atoms with Gasteiger partial charge in [-0.25, -0.2) is 4.98 Å². The SMILES string of the molecule is Cc1cnc(CCc2cccc(N)c2)[nH]1. The highest BCUT2D eigenvalue weighted by atomic mass is 14.9. The fourth-order valence-corrected chi connectivity index (χ4v) is 1.61. The number of hydrogen-bond donors (Lipinski definition) is 2. The van der Waals surface area contributed by atoms with Gasteiger partial charge in [-0.3, -0.25) is 0 Å². The minimum atomic E-state index is 0.822. The molecule has 2 aromatic rings. The average Bonchev–Trinajstić information content (AvgIpc) is 2.62. The molecule has 78 valence electrons. The highest BCUT2D eigenvalue weighted by molar-refractivity contribution is 5.40. The first-order valence-electron chi connectivity index (χ1n) is 5.09. The molecule has 0 unspecified atom stereocenters. The fraction of sp³-hybridized carbons (Fsp3) is 0.250. The molecule has 3 nitrogen and oxygen atoms in total. The number of hydrogen-bond acceptors (Lipinski definition) is 2. The van der Waals surface area contributed by atoms with Gasteiger partial charge in [0.15, 0.2) is 0 Å². The normalized spacial score (nSPS) is 10.5. The molecule has 2 rings (SSSR count). The third kappa shape index (κ3) is 2.59. The molecule has 0 radical (unpaired) electrons. The zero-order chi connectivity index (χ0) is 10.7. The van der Waals surface area contributed by atoms with Gasteiger partial charge in [0.25, 0.3) is 0 Å². The van der Waals surface area contributed by atoms with E-state index >= 15 is 0 Å². The van der Waals surface area contributed by atoms with Crippen LogP contribution in [0.3, 0.4) is 0 Å². The number of aromatic amines is 1. The maximum absolute atomic E-state index is 5.71. The number of nitrogen functional groups attached to an aromatic ring is 1. The molecule has 0 fully saturated rings. The molecule has 0 bridgehead atoms. The van der Waals surface area contributed by atoms with E-state index in [1.165, 1.54) is 5.56 Å². The van der Waals surface area contributed by atoms with Crippen LogP contribution >= 0.6 is 0 Å². The molecular weight excluding hydrogens is 186 g/mol. The third-order valence-corrected chi connectivity index (χ3v) is 2.36. The monoisotopic (exact) mass is 201 g/mol. The summed E-state index contributed by atoms with van der Waals surface area (Å²) in [7, 11) is 0. The van der Waals surface area contributed by atoms with E-state index in [1.807, 2.05) is 31.3 Å². The summed E-state index contributed by atoms with van der Waals surface area (Å²) in [4.78, 5) is 7.48. The highest BCUT2D eigenvalue weighted by Crippen LogP contribution is 2.09. The molecule has 0 amide bonds. The lowest BCUT2D eigenvalue weighted by molar-refractivity contribution is 0.881. The number of rotatable bonds is 3. The van der Waals surface area contributed by atoms with Gasteiger partial charge >= 0.3 is 0 Å². The standard InChI is InChI=1S/C12H15N3/c1-9-8-14-12(15-9)6-5-10-3-2-4-11(13)7-10/h2-4,7-8H,5-6,13H2,1H3,(H,14,15). The predicted octanol–water partition coefficient (Wildman–Crippen LogP) is 2.09. The first kappa shape index (κ1) is 9.77. The van der Waals surface area contributed by atoms with E-state index in [9.17, 15) is 0 Å². The van der Waals surface area contributed by atoms with Gasteiger partial charge in [0.2, 0.25) is 0 Å². The summed E-state index contributed by atoms with van der Waals surface area (Å²) in [6, 6.07) is 7.99. The number of anilines is 1. The van der Waals surface area contributed by atoms with E-state index in [2.05, 4.69) is 16.0 Å². The van der Waals surface area contributed by atoms with Crippen molar-refractivity contribution >= 4 is 5.69 Å². The van der Waals surface area contributed by atoms with Crippen molar-refractivity contribution in [3.8, 4) is 0 Å². The lowest BCUT2D eigenvalue weighted by atomic mass is 10.1. The van der Waals surface area contributed by atoms with Crippen LogP contribution in [-0.2, 0) is 12.8 Å². The highest BCUT2D eigenvalue weighted by Gasteiger charge is 1.99. The second kappa shape index (κ2) is 4.17. The van der Waals surface area contributed by atoms with E-state index in [0.29, 0.717) is 0 Å². The Labute approximate surface area is 89.4 Å². The Balaban J connectivity index is 1.99. The first-order chi connectivity index (χ1) is 7.24. The van der Waals surface area contributed by atoms with Gasteiger partial charge < -0.3 is 10.7 Å². The van der Waals surface area contributed by atoms with Gasteiger partial charge in [-0.05, 0) is 31.0 Å². The fourth-order valence-electron chi connectivity index (χ4n) is 1.61. The molecule has 0 spiro atoms. The molecule has 0 atom stereocenters. The molecule has 0 aliphatic rings. The van der Waals surface area contributed by atoms with Crippen molar-refractivity contribution in [2.75, 3.05) is 5.73 Å². The predicted molar refractivity (Wildman–Crippen MR) is 61.6 cm³/mol. The van der Waals surface area contributed by atoms with Crippen LogP contribution in [0.25, 0.3) is 0 Å². The summed E-state index contributed by atoms with van der Waals surface area (Å²) < 4.78 is 0. The Hall–Kier alpha value is -1.77. The molecular formula is C12H15N3. The lowest BCUT2D eigenvalue weighted by Crippen LogP contribution is -1.94. The summed E-state index contributed by atoms with van der Waals surface area (Å²) in [5.74, 6) is 1.04. The number of H-pyrrole nitrogens is 1. The van der Waals surface area contributed by atoms with Crippen molar-refractivity contribution in [3.05, 3.63) is 47.5 Å². The molecule has 0 saturated carbocycles. The molecule has 1 heterocycles. The Kier molecular flexibility index (Phi) is 2.72. The third-order valence-electron chi connectivity index (χ3n) is 2.36. The van der Waals surface area contributed by atoms with E-state index < -0.39 is 0 Å². The van der Waals surface area contributed by atoms with Gasteiger partial charge in [-0.1, -0.05) is 12.1 Å². The van der Waals surface area contributed by atoms with Gasteiger partial charge in [0.05, 0.1) is 0 Å². The van der Waals surface area contributed by atoms with Gasteiger partial charge in [0.1, 0.15) is 5.82 Å². The van der Waals surface area contributed by atoms with Crippen LogP contribution in [0.5, 0.6) is 0 Å². The van der Waals surface area contributed by atoms with Crippen molar-refractivity contribution in [2.24, 2.45) is 0 Å². The number of nitrogens with one attached hydrogen (secondary N) is 1. The van der Waals surface area contributed by atoms with Crippen LogP contribution in [0.4, 0.5) is 5.69 Å². The van der Waals surface area contributed by atoms with Crippen LogP contribution in [0.15, 0.2) is 30.5 Å². The van der Waals surface area contributed by atoms with E-state index in [0.717, 1.165) is 30.0 Å². The van der Waals surface area contributed by atoms with Crippen molar-refractivity contribution < 1.29 is 0 Å². The quantitative estimate of drug-likeness (QED) is 0.747. The first-order valence-corrected chi connectivity index (χ1v) is 5.09. The van der Waals surface area contributed by atoms with Crippen LogP contribution in [0.2, 0.25) is 0 Å². The maximum Gasteiger partial charge on any atom is 0.106 e. The van der Waals surface area contributed by atoms with Gasteiger partial charge in [-0.2, -0.15) is 0 Å². The molecule has 0 saturated heterocycles. The minimum Gasteiger partial charge on any atom is -0.399 e. The minimum absolute atomic E-state index is 0.822. The number of aromatic nitrogens is 2. The Morgan fingerprint density at radius 2 is 2.20 bits per heavy atom. The summed E-state index contributed by atoms with van der Waals surface area (Å²) in [5, 5.41) is 0. The Morgan fingerprint density at radius 3 is 2.87 bits per heavy atom. The van der Waals surface area contributed by atoms with E-state index in [-0.39, 0.29) is 0 Å². The molecule has 0 aliphatic heterocycles. The summed E-state index contributed by atoms with van der Waals surface area (Å²) in [5.41, 5.74) is 8.89. The second-order valence-electron chi connectivity index (χ2n) is 3.76. The number of nitrogens with zero attached hydrogens (tertiary/aromatic N) is 1. The Bertz CT molecular complexity index is 446. The van der Waals surface area contributed by atoms with E-state index in [4.69, 9.17) is 5.73 Å². The molecule has 3 N–H and O–H groups in total. The van der Waals surface area contributed by atoms with Crippen LogP contribution < -0.4 is 5.73 Å². The summed E-state index contributed by atoms with van der Waals surface area (Å²) in [6.45, 7) is 2.01. The zero-order valence-electron chi connectivity index (χ0n) is 8.83. The van der Waals surface area contributed by atoms with Crippen LogP contribution in [0, 0.1) is 6.92 Å².